The van der Waals surface area contributed by atoms with E-state index in [0.29, 0.717) is 34.9 Å². The fourth-order valence-corrected chi connectivity index (χ4v) is 10.1. The van der Waals surface area contributed by atoms with E-state index in [4.69, 9.17) is 4.74 Å². The van der Waals surface area contributed by atoms with Gasteiger partial charge in [0.2, 0.25) is 0 Å². The van der Waals surface area contributed by atoms with Gasteiger partial charge in [-0.25, -0.2) is 0 Å². The number of hydrogen-bond donors (Lipinski definition) is 1. The molecule has 5 aliphatic carbocycles. The van der Waals surface area contributed by atoms with Gasteiger partial charge in [0.25, 0.3) is 0 Å². The zero-order chi connectivity index (χ0) is 18.3. The zero-order valence-electron chi connectivity index (χ0n) is 17.5. The lowest BCUT2D eigenvalue weighted by Gasteiger charge is -2.61. The zero-order valence-corrected chi connectivity index (χ0v) is 17.5. The molecule has 26 heavy (non-hydrogen) atoms. The number of rotatable bonds is 4. The van der Waals surface area contributed by atoms with Crippen molar-refractivity contribution in [3.63, 3.8) is 0 Å². The molecule has 2 unspecified atom stereocenters. The normalized spacial score (nSPS) is 58.5. The van der Waals surface area contributed by atoms with Gasteiger partial charge in [-0.1, -0.05) is 20.8 Å². The number of aliphatic hydroxyl groups excluding tert-OH is 1. The van der Waals surface area contributed by atoms with E-state index < -0.39 is 0 Å². The Kier molecular flexibility index (Phi) is 3.96. The Morgan fingerprint density at radius 3 is 2.58 bits per heavy atom. The summed E-state index contributed by atoms with van der Waals surface area (Å²) in [6.07, 6.45) is 13.2. The van der Waals surface area contributed by atoms with Crippen LogP contribution in [0, 0.1) is 51.8 Å². The van der Waals surface area contributed by atoms with Crippen molar-refractivity contribution in [2.24, 2.45) is 51.8 Å². The van der Waals surface area contributed by atoms with E-state index in [1.54, 1.807) is 0 Å². The monoisotopic (exact) mass is 360 g/mol. The molecule has 0 aromatic rings. The van der Waals surface area contributed by atoms with Gasteiger partial charge in [0.1, 0.15) is 0 Å². The van der Waals surface area contributed by atoms with E-state index in [9.17, 15) is 5.11 Å². The van der Waals surface area contributed by atoms with Crippen LogP contribution >= 0.6 is 0 Å². The smallest absolute Gasteiger partial charge is 0.0638 e. The molecule has 0 amide bonds. The van der Waals surface area contributed by atoms with E-state index in [-0.39, 0.29) is 0 Å². The maximum atomic E-state index is 9.89. The van der Waals surface area contributed by atoms with Crippen LogP contribution in [0.1, 0.15) is 78.6 Å². The van der Waals surface area contributed by atoms with E-state index in [1.807, 2.05) is 7.11 Å². The number of aliphatic hydroxyl groups is 1. The maximum absolute atomic E-state index is 9.89. The summed E-state index contributed by atoms with van der Waals surface area (Å²) >= 11 is 0. The van der Waals surface area contributed by atoms with Gasteiger partial charge in [-0.15, -0.1) is 0 Å². The van der Waals surface area contributed by atoms with E-state index in [1.165, 1.54) is 57.8 Å². The van der Waals surface area contributed by atoms with E-state index in [0.717, 1.165) is 29.6 Å². The molecule has 5 aliphatic rings. The summed E-state index contributed by atoms with van der Waals surface area (Å²) in [6, 6.07) is 0. The molecule has 0 heterocycles. The minimum atomic E-state index is 0.371. The highest BCUT2D eigenvalue weighted by Gasteiger charge is 2.77. The first-order chi connectivity index (χ1) is 12.5. The molecular formula is C24H40O2. The topological polar surface area (TPSA) is 29.5 Å². The minimum absolute atomic E-state index is 0.371. The fourth-order valence-electron chi connectivity index (χ4n) is 10.1. The van der Waals surface area contributed by atoms with Crippen LogP contribution in [0.25, 0.3) is 0 Å². The molecule has 0 aromatic carbocycles. The molecule has 148 valence electrons. The van der Waals surface area contributed by atoms with Gasteiger partial charge in [-0.05, 0) is 104 Å². The number of ether oxygens (including phenoxy) is 1. The lowest BCUT2D eigenvalue weighted by Crippen LogP contribution is -2.57. The molecule has 0 bridgehead atoms. The highest BCUT2D eigenvalue weighted by Crippen LogP contribution is 2.82. The summed E-state index contributed by atoms with van der Waals surface area (Å²) in [6.45, 7) is 7.79. The van der Waals surface area contributed by atoms with Crippen LogP contribution in [0.2, 0.25) is 0 Å². The van der Waals surface area contributed by atoms with Crippen LogP contribution in [0.15, 0.2) is 0 Å². The van der Waals surface area contributed by atoms with Crippen LogP contribution < -0.4 is 0 Å². The van der Waals surface area contributed by atoms with Gasteiger partial charge in [0, 0.05) is 19.1 Å². The van der Waals surface area contributed by atoms with Crippen molar-refractivity contribution in [1.82, 2.24) is 0 Å². The molecule has 1 N–H and O–H groups in total. The summed E-state index contributed by atoms with van der Waals surface area (Å²) in [5, 5.41) is 9.89. The van der Waals surface area contributed by atoms with Crippen molar-refractivity contribution >= 4 is 0 Å². The highest BCUT2D eigenvalue weighted by atomic mass is 16.5. The van der Waals surface area contributed by atoms with Crippen LogP contribution in [0.4, 0.5) is 0 Å². The van der Waals surface area contributed by atoms with Gasteiger partial charge >= 0.3 is 0 Å². The third-order valence-electron chi connectivity index (χ3n) is 11.2. The fraction of sp³-hybridized carbons (Fsp3) is 1.00. The van der Waals surface area contributed by atoms with Crippen molar-refractivity contribution in [3.8, 4) is 0 Å². The summed E-state index contributed by atoms with van der Waals surface area (Å²) in [4.78, 5) is 0. The molecule has 1 spiro atoms. The Morgan fingerprint density at radius 1 is 1.12 bits per heavy atom. The Labute approximate surface area is 160 Å². The summed E-state index contributed by atoms with van der Waals surface area (Å²) in [5.74, 6) is 4.88. The Balaban J connectivity index is 1.51. The van der Waals surface area contributed by atoms with Crippen molar-refractivity contribution in [3.05, 3.63) is 0 Å². The van der Waals surface area contributed by atoms with E-state index >= 15 is 0 Å². The largest absolute Gasteiger partial charge is 0.396 e. The maximum Gasteiger partial charge on any atom is 0.0638 e. The second-order valence-corrected chi connectivity index (χ2v) is 11.2. The first-order valence-electron chi connectivity index (χ1n) is 11.6. The quantitative estimate of drug-likeness (QED) is 0.738. The molecule has 5 fully saturated rings. The van der Waals surface area contributed by atoms with E-state index in [2.05, 4.69) is 20.8 Å². The van der Waals surface area contributed by atoms with Gasteiger partial charge < -0.3 is 9.84 Å². The molecule has 5 saturated carbocycles. The van der Waals surface area contributed by atoms with Crippen molar-refractivity contribution in [1.29, 1.82) is 0 Å². The molecule has 2 nitrogen and oxygen atoms in total. The number of fused-ring (bicyclic) bond motifs is 4. The molecule has 0 aromatic heterocycles. The molecule has 0 aliphatic heterocycles. The third kappa shape index (κ3) is 1.87. The Bertz CT molecular complexity index is 575. The van der Waals surface area contributed by atoms with Crippen LogP contribution in [0.5, 0.6) is 0 Å². The molecule has 2 heteroatoms. The summed E-state index contributed by atoms with van der Waals surface area (Å²) in [5.41, 5.74) is 1.59. The van der Waals surface area contributed by atoms with Crippen LogP contribution in [-0.4, -0.2) is 24.9 Å². The van der Waals surface area contributed by atoms with Crippen molar-refractivity contribution < 1.29 is 9.84 Å². The van der Waals surface area contributed by atoms with Gasteiger partial charge in [-0.2, -0.15) is 0 Å². The number of hydrogen-bond acceptors (Lipinski definition) is 2. The minimum Gasteiger partial charge on any atom is -0.396 e. The average molecular weight is 361 g/mol. The van der Waals surface area contributed by atoms with Crippen LogP contribution in [0.3, 0.4) is 0 Å². The average Bonchev–Trinajstić information content (AvgIpc) is 3.13. The SMILES string of the molecule is CC[C@]12CC[C@H]3[C@@H](C[C@@H](OC)C45C[C@H]4CC[C@]35C)[C@@H]1CC[C@@H]2C(C)CO. The van der Waals surface area contributed by atoms with Crippen molar-refractivity contribution in [2.75, 3.05) is 13.7 Å². The van der Waals surface area contributed by atoms with Gasteiger partial charge in [0.05, 0.1) is 6.10 Å². The predicted molar refractivity (Wildman–Crippen MR) is 105 cm³/mol. The predicted octanol–water partition coefficient (Wildman–Crippen LogP) is 5.29. The molecular weight excluding hydrogens is 320 g/mol. The second kappa shape index (κ2) is 5.72. The lowest BCUT2D eigenvalue weighted by molar-refractivity contribution is -0.165. The van der Waals surface area contributed by atoms with Gasteiger partial charge in [-0.3, -0.25) is 0 Å². The molecule has 10 atom stereocenters. The van der Waals surface area contributed by atoms with Gasteiger partial charge in [0.15, 0.2) is 0 Å². The summed E-state index contributed by atoms with van der Waals surface area (Å²) in [7, 11) is 2.00. The molecule has 0 saturated heterocycles. The third-order valence-corrected chi connectivity index (χ3v) is 11.2. The Hall–Kier alpha value is -0.0800. The van der Waals surface area contributed by atoms with Crippen molar-refractivity contribution in [2.45, 2.75) is 84.7 Å². The first kappa shape index (κ1) is 18.0. The standard InChI is InChI=1S/C24H40O2/c1-5-23-11-9-19-17(20(23)7-6-18(23)15(2)14-25)12-21(26-4)24-13-16(24)8-10-22(19,24)3/h15-21,25H,5-14H2,1-4H3/t15?,16-,17-,18-,19+,20+,21-,22-,23-,24?/m1/s1. The first-order valence-corrected chi connectivity index (χ1v) is 11.6. The Morgan fingerprint density at radius 2 is 1.92 bits per heavy atom. The highest BCUT2D eigenvalue weighted by molar-refractivity contribution is 5.26. The van der Waals surface area contributed by atoms with Crippen LogP contribution in [-0.2, 0) is 4.74 Å². The molecule has 0 radical (unpaired) electrons. The second-order valence-electron chi connectivity index (χ2n) is 11.2. The lowest BCUT2D eigenvalue weighted by atomic mass is 9.44. The summed E-state index contributed by atoms with van der Waals surface area (Å²) < 4.78 is 6.23. The molecule has 5 rings (SSSR count). The number of methoxy groups -OCH3 is 1.